The molecular weight excluding hydrogens is 313 g/mol. The van der Waals surface area contributed by atoms with Crippen LogP contribution in [-0.2, 0) is 9.84 Å². The Balaban J connectivity index is 2.61. The Morgan fingerprint density at radius 2 is 1.81 bits per heavy atom. The summed E-state index contributed by atoms with van der Waals surface area (Å²) in [5, 5.41) is 9.14. The molecule has 0 aromatic heterocycles. The predicted molar refractivity (Wildman–Crippen MR) is 78.6 cm³/mol. The van der Waals surface area contributed by atoms with E-state index in [1.807, 2.05) is 0 Å². The van der Waals surface area contributed by atoms with Gasteiger partial charge in [-0.05, 0) is 30.3 Å². The molecule has 0 saturated heterocycles. The zero-order valence-electron chi connectivity index (χ0n) is 10.6. The van der Waals surface area contributed by atoms with Gasteiger partial charge in [-0.15, -0.1) is 0 Å². The lowest BCUT2D eigenvalue weighted by Crippen LogP contribution is -2.03. The van der Waals surface area contributed by atoms with Gasteiger partial charge in [0.2, 0.25) is 9.84 Å². The molecule has 0 aliphatic rings. The number of nitrogens with zero attached hydrogens (tertiary/aromatic N) is 1. The summed E-state index contributed by atoms with van der Waals surface area (Å²) in [6.45, 7) is 0. The van der Waals surface area contributed by atoms with Gasteiger partial charge in [-0.3, -0.25) is 0 Å². The van der Waals surface area contributed by atoms with Crippen LogP contribution in [0.2, 0.25) is 5.02 Å². The first-order valence-electron chi connectivity index (χ1n) is 5.83. The average Bonchev–Trinajstić information content (AvgIpc) is 2.47. The molecule has 0 N–H and O–H groups in total. The van der Waals surface area contributed by atoms with Crippen molar-refractivity contribution in [3.8, 4) is 6.07 Å². The molecule has 0 unspecified atom stereocenters. The highest BCUT2D eigenvalue weighted by molar-refractivity contribution is 7.95. The largest absolute Gasteiger partial charge is 0.218 e. The maximum absolute atomic E-state index is 13.7. The molecule has 106 valence electrons. The third-order valence-electron chi connectivity index (χ3n) is 2.73. The highest BCUT2D eigenvalue weighted by atomic mass is 35.5. The monoisotopic (exact) mass is 321 g/mol. The Kier molecular flexibility index (Phi) is 4.41. The highest BCUT2D eigenvalue weighted by Crippen LogP contribution is 2.26. The first-order chi connectivity index (χ1) is 9.96. The van der Waals surface area contributed by atoms with Gasteiger partial charge in [-0.1, -0.05) is 35.9 Å². The molecule has 0 amide bonds. The smallest absolute Gasteiger partial charge is 0.216 e. The Morgan fingerprint density at radius 3 is 2.38 bits per heavy atom. The summed E-state index contributed by atoms with van der Waals surface area (Å²) in [5.74, 6) is -0.696. The molecule has 0 spiro atoms. The van der Waals surface area contributed by atoms with Crippen molar-refractivity contribution in [3.63, 3.8) is 0 Å². The zero-order valence-corrected chi connectivity index (χ0v) is 12.2. The van der Waals surface area contributed by atoms with Crippen LogP contribution in [0, 0.1) is 17.1 Å². The Morgan fingerprint density at radius 1 is 1.14 bits per heavy atom. The topological polar surface area (TPSA) is 57.9 Å². The normalized spacial score (nSPS) is 12.0. The number of benzene rings is 2. The fourth-order valence-electron chi connectivity index (χ4n) is 1.68. The van der Waals surface area contributed by atoms with Crippen LogP contribution in [-0.4, -0.2) is 8.42 Å². The van der Waals surface area contributed by atoms with Crippen molar-refractivity contribution in [2.24, 2.45) is 0 Å². The maximum atomic E-state index is 13.7. The molecule has 0 aliphatic carbocycles. The molecule has 3 nitrogen and oxygen atoms in total. The fraction of sp³-hybridized carbons (Fsp3) is 0. The number of allylic oxidation sites excluding steroid dienone is 1. The van der Waals surface area contributed by atoms with Crippen LogP contribution in [0.4, 0.5) is 4.39 Å². The van der Waals surface area contributed by atoms with Crippen molar-refractivity contribution in [2.45, 2.75) is 4.90 Å². The highest BCUT2D eigenvalue weighted by Gasteiger charge is 2.21. The number of hydrogen-bond donors (Lipinski definition) is 0. The van der Waals surface area contributed by atoms with Gasteiger partial charge in [0.05, 0.1) is 9.92 Å². The average molecular weight is 322 g/mol. The first-order valence-corrected chi connectivity index (χ1v) is 7.69. The van der Waals surface area contributed by atoms with E-state index in [0.717, 1.165) is 12.1 Å². The minimum Gasteiger partial charge on any atom is -0.218 e. The van der Waals surface area contributed by atoms with E-state index in [1.54, 1.807) is 12.1 Å². The molecule has 2 aromatic carbocycles. The van der Waals surface area contributed by atoms with Crippen LogP contribution in [0.25, 0.3) is 6.08 Å². The summed E-state index contributed by atoms with van der Waals surface area (Å²) in [6.07, 6.45) is 0.944. The van der Waals surface area contributed by atoms with Crippen LogP contribution >= 0.6 is 11.6 Å². The molecule has 0 aliphatic heterocycles. The summed E-state index contributed by atoms with van der Waals surface area (Å²) >= 11 is 5.84. The summed E-state index contributed by atoms with van der Waals surface area (Å²) in [7, 11) is -4.01. The Hall–Kier alpha value is -2.16. The third kappa shape index (κ3) is 3.13. The van der Waals surface area contributed by atoms with Crippen LogP contribution in [0.1, 0.15) is 5.56 Å². The van der Waals surface area contributed by atoms with Crippen molar-refractivity contribution in [1.82, 2.24) is 0 Å². The minimum atomic E-state index is -4.01. The van der Waals surface area contributed by atoms with Gasteiger partial charge in [0, 0.05) is 5.56 Å². The van der Waals surface area contributed by atoms with E-state index in [9.17, 15) is 12.8 Å². The SMILES string of the molecule is N#C/C(=C/c1c(F)cccc1Cl)S(=O)(=O)c1ccccc1. The number of halogens is 2. The van der Waals surface area contributed by atoms with Crippen molar-refractivity contribution in [1.29, 1.82) is 5.26 Å². The first kappa shape index (κ1) is 15.2. The van der Waals surface area contributed by atoms with Crippen molar-refractivity contribution >= 4 is 27.5 Å². The van der Waals surface area contributed by atoms with Crippen LogP contribution < -0.4 is 0 Å². The van der Waals surface area contributed by atoms with Gasteiger partial charge < -0.3 is 0 Å². The Bertz CT molecular complexity index is 819. The molecule has 0 saturated carbocycles. The minimum absolute atomic E-state index is 0.0333. The van der Waals surface area contributed by atoms with E-state index in [2.05, 4.69) is 0 Å². The summed E-state index contributed by atoms with van der Waals surface area (Å²) in [4.78, 5) is -0.606. The quantitative estimate of drug-likeness (QED) is 0.807. The van der Waals surface area contributed by atoms with Crippen LogP contribution in [0.15, 0.2) is 58.3 Å². The lowest BCUT2D eigenvalue weighted by molar-refractivity contribution is 0.603. The molecule has 21 heavy (non-hydrogen) atoms. The van der Waals surface area contributed by atoms with Gasteiger partial charge in [-0.25, -0.2) is 12.8 Å². The fourth-order valence-corrected chi connectivity index (χ4v) is 3.06. The van der Waals surface area contributed by atoms with E-state index < -0.39 is 20.6 Å². The molecule has 6 heteroatoms. The zero-order chi connectivity index (χ0) is 15.5. The summed E-state index contributed by atoms with van der Waals surface area (Å²) in [5.41, 5.74) is -0.129. The van der Waals surface area contributed by atoms with Crippen molar-refractivity contribution in [2.75, 3.05) is 0 Å². The van der Waals surface area contributed by atoms with Gasteiger partial charge in [0.15, 0.2) is 0 Å². The summed E-state index contributed by atoms with van der Waals surface area (Å²) in [6, 6.07) is 13.0. The van der Waals surface area contributed by atoms with Gasteiger partial charge >= 0.3 is 0 Å². The van der Waals surface area contributed by atoms with Crippen molar-refractivity contribution in [3.05, 3.63) is 69.8 Å². The maximum Gasteiger partial charge on any atom is 0.216 e. The number of nitriles is 1. The standard InChI is InChI=1S/C15H9ClFNO2S/c16-14-7-4-8-15(17)13(14)9-12(10-18)21(19,20)11-5-2-1-3-6-11/h1-9H/b12-9-. The predicted octanol–water partition coefficient (Wildman–Crippen LogP) is 3.82. The van der Waals surface area contributed by atoms with E-state index in [0.29, 0.717) is 0 Å². The number of rotatable bonds is 3. The molecule has 2 rings (SSSR count). The Labute approximate surface area is 126 Å². The molecular formula is C15H9ClFNO2S. The number of sulfone groups is 1. The molecule has 0 bridgehead atoms. The van der Waals surface area contributed by atoms with E-state index in [4.69, 9.17) is 16.9 Å². The van der Waals surface area contributed by atoms with Crippen molar-refractivity contribution < 1.29 is 12.8 Å². The van der Waals surface area contributed by atoms with Crippen LogP contribution in [0.3, 0.4) is 0 Å². The second-order valence-corrected chi connectivity index (χ2v) is 6.40. The number of hydrogen-bond acceptors (Lipinski definition) is 3. The second-order valence-electron chi connectivity index (χ2n) is 4.07. The molecule has 0 radical (unpaired) electrons. The van der Waals surface area contributed by atoms with Gasteiger partial charge in [0.25, 0.3) is 0 Å². The summed E-state index contributed by atoms with van der Waals surface area (Å²) < 4.78 is 38.4. The molecule has 0 heterocycles. The second kappa shape index (κ2) is 6.08. The van der Waals surface area contributed by atoms with Gasteiger partial charge in [-0.2, -0.15) is 5.26 Å². The molecule has 0 fully saturated rings. The van der Waals surface area contributed by atoms with E-state index in [1.165, 1.54) is 36.4 Å². The third-order valence-corrected chi connectivity index (χ3v) is 4.74. The lowest BCUT2D eigenvalue weighted by Gasteiger charge is -2.04. The van der Waals surface area contributed by atoms with E-state index >= 15 is 0 Å². The van der Waals surface area contributed by atoms with E-state index in [-0.39, 0.29) is 15.5 Å². The van der Waals surface area contributed by atoms with Gasteiger partial charge in [0.1, 0.15) is 16.8 Å². The molecule has 2 aromatic rings. The molecule has 0 atom stereocenters. The lowest BCUT2D eigenvalue weighted by atomic mass is 10.2. The van der Waals surface area contributed by atoms with Crippen LogP contribution in [0.5, 0.6) is 0 Å².